The van der Waals surface area contributed by atoms with Crippen molar-refractivity contribution in [2.24, 2.45) is 0 Å². The first kappa shape index (κ1) is 12.1. The van der Waals surface area contributed by atoms with E-state index < -0.39 is 6.43 Å². The molecule has 6 heteroatoms. The van der Waals surface area contributed by atoms with Crippen LogP contribution in [0.2, 0.25) is 0 Å². The van der Waals surface area contributed by atoms with E-state index in [9.17, 15) is 8.78 Å². The van der Waals surface area contributed by atoms with Crippen LogP contribution in [0.25, 0.3) is 0 Å². The topological polar surface area (TPSA) is 33.1 Å². The Morgan fingerprint density at radius 3 is 2.64 bits per heavy atom. The molecular formula is C8H7ClF2INO. The van der Waals surface area contributed by atoms with Crippen molar-refractivity contribution in [2.75, 3.05) is 0 Å². The average molecular weight is 334 g/mol. The minimum atomic E-state index is -2.59. The van der Waals surface area contributed by atoms with E-state index in [1.807, 2.05) is 0 Å². The molecule has 0 saturated heterocycles. The summed E-state index contributed by atoms with van der Waals surface area (Å²) in [5.41, 5.74) is 0.442. The van der Waals surface area contributed by atoms with Crippen LogP contribution in [-0.4, -0.2) is 10.1 Å². The van der Waals surface area contributed by atoms with Gasteiger partial charge < -0.3 is 5.11 Å². The highest BCUT2D eigenvalue weighted by Crippen LogP contribution is 2.30. The first-order valence-electron chi connectivity index (χ1n) is 3.73. The summed E-state index contributed by atoms with van der Waals surface area (Å²) >= 11 is 7.25. The van der Waals surface area contributed by atoms with Crippen LogP contribution in [0.3, 0.4) is 0 Å². The van der Waals surface area contributed by atoms with Gasteiger partial charge in [0.2, 0.25) is 0 Å². The van der Waals surface area contributed by atoms with Gasteiger partial charge in [-0.25, -0.2) is 8.78 Å². The smallest absolute Gasteiger partial charge is 0.265 e. The largest absolute Gasteiger partial charge is 0.390 e. The minimum Gasteiger partial charge on any atom is -0.390 e. The molecule has 0 spiro atoms. The van der Waals surface area contributed by atoms with E-state index in [1.54, 1.807) is 22.6 Å². The van der Waals surface area contributed by atoms with Gasteiger partial charge in [-0.15, -0.1) is 11.6 Å². The van der Waals surface area contributed by atoms with Crippen LogP contribution in [0.4, 0.5) is 8.78 Å². The summed E-state index contributed by atoms with van der Waals surface area (Å²) in [6, 6.07) is 0. The number of hydrogen-bond donors (Lipinski definition) is 1. The molecular weight excluding hydrogens is 326 g/mol. The summed E-state index contributed by atoms with van der Waals surface area (Å²) in [6.07, 6.45) is -1.31. The predicted octanol–water partition coefficient (Wildman–Crippen LogP) is 2.85. The van der Waals surface area contributed by atoms with E-state index in [4.69, 9.17) is 16.7 Å². The maximum absolute atomic E-state index is 12.6. The van der Waals surface area contributed by atoms with Gasteiger partial charge in [-0.1, -0.05) is 0 Å². The van der Waals surface area contributed by atoms with Crippen LogP contribution in [0, 0.1) is 3.57 Å². The second-order valence-electron chi connectivity index (χ2n) is 2.55. The van der Waals surface area contributed by atoms with Crippen LogP contribution in [-0.2, 0) is 12.5 Å². The molecule has 1 aromatic heterocycles. The molecule has 0 bridgehead atoms. The Kier molecular flexibility index (Phi) is 4.46. The van der Waals surface area contributed by atoms with Crippen molar-refractivity contribution in [3.63, 3.8) is 0 Å². The predicted molar refractivity (Wildman–Crippen MR) is 57.4 cm³/mol. The molecule has 0 aliphatic heterocycles. The molecule has 0 saturated carbocycles. The van der Waals surface area contributed by atoms with Crippen molar-refractivity contribution >= 4 is 34.2 Å². The number of nitrogens with zero attached hydrogens (tertiary/aromatic N) is 1. The normalized spacial score (nSPS) is 11.0. The van der Waals surface area contributed by atoms with Crippen LogP contribution < -0.4 is 0 Å². The molecule has 0 atom stereocenters. The van der Waals surface area contributed by atoms with Crippen molar-refractivity contribution in [2.45, 2.75) is 18.9 Å². The third-order valence-corrected chi connectivity index (χ3v) is 3.22. The average Bonchev–Trinajstić information content (AvgIpc) is 2.16. The number of pyridine rings is 1. The molecule has 1 heterocycles. The summed E-state index contributed by atoms with van der Waals surface area (Å²) in [4.78, 5) is 3.84. The maximum atomic E-state index is 12.6. The highest BCUT2D eigenvalue weighted by Gasteiger charge is 2.19. The Bertz CT molecular complexity index is 335. The lowest BCUT2D eigenvalue weighted by atomic mass is 10.1. The third-order valence-electron chi connectivity index (χ3n) is 1.72. The lowest BCUT2D eigenvalue weighted by Gasteiger charge is -2.10. The van der Waals surface area contributed by atoms with Crippen molar-refractivity contribution in [1.29, 1.82) is 0 Å². The SMILES string of the molecule is OCc1ncc(CCl)c(C(F)F)c1I. The number of aliphatic hydroxyl groups excluding tert-OH is 1. The molecule has 0 aliphatic rings. The number of halogens is 4. The van der Waals surface area contributed by atoms with Gasteiger partial charge in [0.15, 0.2) is 0 Å². The Balaban J connectivity index is 3.31. The fourth-order valence-electron chi connectivity index (χ4n) is 1.03. The number of rotatable bonds is 3. The lowest BCUT2D eigenvalue weighted by molar-refractivity contribution is 0.149. The summed E-state index contributed by atoms with van der Waals surface area (Å²) < 4.78 is 25.5. The van der Waals surface area contributed by atoms with E-state index in [-0.39, 0.29) is 23.7 Å². The number of aliphatic hydroxyl groups is 1. The Labute approximate surface area is 98.4 Å². The molecule has 0 aliphatic carbocycles. The first-order valence-corrected chi connectivity index (χ1v) is 5.34. The number of aromatic nitrogens is 1. The van der Waals surface area contributed by atoms with E-state index >= 15 is 0 Å². The lowest BCUT2D eigenvalue weighted by Crippen LogP contribution is -2.03. The fourth-order valence-corrected chi connectivity index (χ4v) is 2.14. The van der Waals surface area contributed by atoms with Crippen LogP contribution in [0.1, 0.15) is 23.2 Å². The first-order chi connectivity index (χ1) is 6.61. The molecule has 2 nitrogen and oxygen atoms in total. The Morgan fingerprint density at radius 1 is 1.57 bits per heavy atom. The number of alkyl halides is 3. The monoisotopic (exact) mass is 333 g/mol. The molecule has 1 aromatic rings. The molecule has 1 rings (SSSR count). The molecule has 0 aromatic carbocycles. The molecule has 0 amide bonds. The molecule has 0 unspecified atom stereocenters. The standard InChI is InChI=1S/C8H7ClF2INO/c9-1-4-2-13-5(3-14)7(12)6(4)8(10)11/h2,8,14H,1,3H2. The zero-order valence-corrected chi connectivity index (χ0v) is 9.89. The van der Waals surface area contributed by atoms with Gasteiger partial charge in [0, 0.05) is 21.2 Å². The van der Waals surface area contributed by atoms with Gasteiger partial charge in [0.05, 0.1) is 12.3 Å². The van der Waals surface area contributed by atoms with Crippen molar-refractivity contribution < 1.29 is 13.9 Å². The van der Waals surface area contributed by atoms with Gasteiger partial charge in [-0.2, -0.15) is 0 Å². The quantitative estimate of drug-likeness (QED) is 0.681. The Morgan fingerprint density at radius 2 is 2.21 bits per heavy atom. The van der Waals surface area contributed by atoms with E-state index in [2.05, 4.69) is 4.98 Å². The van der Waals surface area contributed by atoms with Gasteiger partial charge in [0.1, 0.15) is 0 Å². The van der Waals surface area contributed by atoms with Crippen LogP contribution >= 0.6 is 34.2 Å². The molecule has 1 N–H and O–H groups in total. The summed E-state index contributed by atoms with van der Waals surface area (Å²) in [5.74, 6) is -0.00557. The van der Waals surface area contributed by atoms with Crippen LogP contribution in [0.5, 0.6) is 0 Å². The van der Waals surface area contributed by atoms with Gasteiger partial charge >= 0.3 is 0 Å². The maximum Gasteiger partial charge on any atom is 0.265 e. The fraction of sp³-hybridized carbons (Fsp3) is 0.375. The van der Waals surface area contributed by atoms with Gasteiger partial charge in [-0.05, 0) is 28.2 Å². The van der Waals surface area contributed by atoms with E-state index in [1.165, 1.54) is 6.20 Å². The minimum absolute atomic E-state index is 0.00557. The highest BCUT2D eigenvalue weighted by molar-refractivity contribution is 14.1. The summed E-state index contributed by atoms with van der Waals surface area (Å²) in [6.45, 7) is -0.347. The van der Waals surface area contributed by atoms with Gasteiger partial charge in [-0.3, -0.25) is 4.98 Å². The summed E-state index contributed by atoms with van der Waals surface area (Å²) in [5, 5.41) is 8.84. The summed E-state index contributed by atoms with van der Waals surface area (Å²) in [7, 11) is 0. The van der Waals surface area contributed by atoms with Crippen molar-refractivity contribution in [1.82, 2.24) is 4.98 Å². The third kappa shape index (κ3) is 2.32. The molecule has 78 valence electrons. The zero-order valence-electron chi connectivity index (χ0n) is 6.98. The highest BCUT2D eigenvalue weighted by atomic mass is 127. The van der Waals surface area contributed by atoms with Crippen LogP contribution in [0.15, 0.2) is 6.20 Å². The van der Waals surface area contributed by atoms with Crippen molar-refractivity contribution in [3.8, 4) is 0 Å². The molecule has 14 heavy (non-hydrogen) atoms. The van der Waals surface area contributed by atoms with Crippen molar-refractivity contribution in [3.05, 3.63) is 26.6 Å². The molecule has 0 radical (unpaired) electrons. The van der Waals surface area contributed by atoms with E-state index in [0.717, 1.165) is 0 Å². The zero-order chi connectivity index (χ0) is 10.7. The second-order valence-corrected chi connectivity index (χ2v) is 3.90. The second kappa shape index (κ2) is 5.18. The molecule has 0 fully saturated rings. The number of hydrogen-bond acceptors (Lipinski definition) is 2. The van der Waals surface area contributed by atoms with Gasteiger partial charge in [0.25, 0.3) is 6.43 Å². The van der Waals surface area contributed by atoms with E-state index in [0.29, 0.717) is 9.13 Å². The Hall–Kier alpha value is -0.0100.